The minimum Gasteiger partial charge on any atom is -0.292 e. The van der Waals surface area contributed by atoms with Gasteiger partial charge in [-0.3, -0.25) is 9.13 Å². The SMILES string of the molecule is c1ccc(-n2c(-c3ccc(-c4cccc(-c5ccc(-c6nc7ccccc7n6-c6ccccc6)cc5)n4)cc3)nc3ccccc32)cc1. The summed E-state index contributed by atoms with van der Waals surface area (Å²) in [6.07, 6.45) is 0. The standard InChI is InChI=1S/C43H29N5/c1-3-12-34(13-4-1)47-40-20-9-7-16-38(40)45-42(47)32-26-22-30(23-27-32)36-18-11-19-37(44-36)31-24-28-33(29-25-31)43-46-39-17-8-10-21-41(39)48(43)35-14-5-2-6-15-35/h1-29H. The van der Waals surface area contributed by atoms with E-state index in [1.807, 2.05) is 24.3 Å². The number of aromatic nitrogens is 5. The third-order valence-electron chi connectivity index (χ3n) is 8.78. The molecule has 0 aliphatic carbocycles. The Hall–Kier alpha value is -6.59. The Labute approximate surface area is 278 Å². The van der Waals surface area contributed by atoms with Crippen LogP contribution in [0.2, 0.25) is 0 Å². The van der Waals surface area contributed by atoms with E-state index >= 15 is 0 Å². The molecule has 0 fully saturated rings. The lowest BCUT2D eigenvalue weighted by Crippen LogP contribution is -1.97. The van der Waals surface area contributed by atoms with Gasteiger partial charge in [0.05, 0.1) is 33.5 Å². The van der Waals surface area contributed by atoms with Crippen LogP contribution < -0.4 is 0 Å². The van der Waals surface area contributed by atoms with Crippen LogP contribution in [-0.4, -0.2) is 24.1 Å². The van der Waals surface area contributed by atoms with E-state index in [-0.39, 0.29) is 0 Å². The second-order valence-electron chi connectivity index (χ2n) is 11.8. The van der Waals surface area contributed by atoms with E-state index in [1.165, 1.54) is 0 Å². The van der Waals surface area contributed by atoms with Crippen molar-refractivity contribution < 1.29 is 0 Å². The average molecular weight is 616 g/mol. The van der Waals surface area contributed by atoms with Crippen molar-refractivity contribution in [3.8, 4) is 56.7 Å². The van der Waals surface area contributed by atoms with Gasteiger partial charge >= 0.3 is 0 Å². The smallest absolute Gasteiger partial charge is 0.145 e. The minimum atomic E-state index is 0.913. The number of nitrogens with zero attached hydrogens (tertiary/aromatic N) is 5. The Balaban J connectivity index is 1.04. The Bertz CT molecular complexity index is 2350. The van der Waals surface area contributed by atoms with Crippen molar-refractivity contribution in [3.63, 3.8) is 0 Å². The van der Waals surface area contributed by atoms with Crippen LogP contribution in [0.15, 0.2) is 176 Å². The van der Waals surface area contributed by atoms with Gasteiger partial charge in [-0.25, -0.2) is 15.0 Å². The lowest BCUT2D eigenvalue weighted by Gasteiger charge is -2.11. The van der Waals surface area contributed by atoms with Gasteiger partial charge in [-0.05, 0) is 60.7 Å². The maximum absolute atomic E-state index is 5.08. The van der Waals surface area contributed by atoms with Gasteiger partial charge in [0.15, 0.2) is 0 Å². The molecular formula is C43H29N5. The predicted octanol–water partition coefficient (Wildman–Crippen LogP) is 10.4. The highest BCUT2D eigenvalue weighted by Gasteiger charge is 2.16. The summed E-state index contributed by atoms with van der Waals surface area (Å²) in [5.41, 5.74) is 12.3. The third-order valence-corrected chi connectivity index (χ3v) is 8.78. The summed E-state index contributed by atoms with van der Waals surface area (Å²) < 4.78 is 4.45. The van der Waals surface area contributed by atoms with E-state index in [2.05, 4.69) is 161 Å². The molecule has 0 saturated carbocycles. The van der Waals surface area contributed by atoms with Crippen molar-refractivity contribution >= 4 is 22.1 Å². The molecule has 0 aliphatic heterocycles. The molecule has 6 aromatic carbocycles. The molecule has 3 aromatic heterocycles. The lowest BCUT2D eigenvalue weighted by atomic mass is 10.0. The summed E-state index contributed by atoms with van der Waals surface area (Å²) in [7, 11) is 0. The molecule has 5 heteroatoms. The van der Waals surface area contributed by atoms with Gasteiger partial charge in [-0.15, -0.1) is 0 Å². The molecule has 0 unspecified atom stereocenters. The van der Waals surface area contributed by atoms with Gasteiger partial charge in [0, 0.05) is 33.6 Å². The first kappa shape index (κ1) is 27.7. The molecular weight excluding hydrogens is 587 g/mol. The van der Waals surface area contributed by atoms with Crippen LogP contribution in [0.1, 0.15) is 0 Å². The number of pyridine rings is 1. The Morgan fingerprint density at radius 2 is 0.667 bits per heavy atom. The van der Waals surface area contributed by atoms with Gasteiger partial charge in [0.2, 0.25) is 0 Å². The summed E-state index contributed by atoms with van der Waals surface area (Å²) in [6.45, 7) is 0. The molecule has 0 atom stereocenters. The fraction of sp³-hybridized carbons (Fsp3) is 0. The number of hydrogen-bond donors (Lipinski definition) is 0. The van der Waals surface area contributed by atoms with E-state index in [0.29, 0.717) is 0 Å². The molecule has 9 rings (SSSR count). The molecule has 0 N–H and O–H groups in total. The van der Waals surface area contributed by atoms with E-state index in [9.17, 15) is 0 Å². The van der Waals surface area contributed by atoms with Gasteiger partial charge in [0.1, 0.15) is 11.6 Å². The highest BCUT2D eigenvalue weighted by Crippen LogP contribution is 2.32. The highest BCUT2D eigenvalue weighted by atomic mass is 15.1. The largest absolute Gasteiger partial charge is 0.292 e. The van der Waals surface area contributed by atoms with Crippen LogP contribution in [-0.2, 0) is 0 Å². The van der Waals surface area contributed by atoms with Crippen molar-refractivity contribution in [2.45, 2.75) is 0 Å². The molecule has 48 heavy (non-hydrogen) atoms. The highest BCUT2D eigenvalue weighted by molar-refractivity contribution is 5.85. The molecule has 0 aliphatic rings. The molecule has 0 saturated heterocycles. The molecule has 3 heterocycles. The maximum atomic E-state index is 5.08. The number of rotatable bonds is 6. The van der Waals surface area contributed by atoms with Crippen molar-refractivity contribution in [1.82, 2.24) is 24.1 Å². The zero-order chi connectivity index (χ0) is 31.9. The zero-order valence-electron chi connectivity index (χ0n) is 26.0. The molecule has 0 radical (unpaired) electrons. The molecule has 5 nitrogen and oxygen atoms in total. The molecule has 226 valence electrons. The monoisotopic (exact) mass is 615 g/mol. The molecule has 0 amide bonds. The third kappa shape index (κ3) is 4.86. The summed E-state index contributed by atoms with van der Waals surface area (Å²) in [5, 5.41) is 0. The molecule has 0 spiro atoms. The van der Waals surface area contributed by atoms with Crippen LogP contribution in [0.3, 0.4) is 0 Å². The molecule has 9 aromatic rings. The number of benzene rings is 6. The zero-order valence-corrected chi connectivity index (χ0v) is 26.0. The summed E-state index contributed by atoms with van der Waals surface area (Å²) in [4.78, 5) is 15.1. The van der Waals surface area contributed by atoms with E-state index in [0.717, 1.165) is 78.7 Å². The van der Waals surface area contributed by atoms with Gasteiger partial charge < -0.3 is 0 Å². The van der Waals surface area contributed by atoms with E-state index < -0.39 is 0 Å². The normalized spacial score (nSPS) is 11.3. The minimum absolute atomic E-state index is 0.913. The summed E-state index contributed by atoms with van der Waals surface area (Å²) in [6, 6.07) is 60.6. The van der Waals surface area contributed by atoms with Gasteiger partial charge in [-0.1, -0.05) is 115 Å². The van der Waals surface area contributed by atoms with Crippen LogP contribution in [0.25, 0.3) is 78.7 Å². The fourth-order valence-electron chi connectivity index (χ4n) is 6.45. The van der Waals surface area contributed by atoms with Crippen molar-refractivity contribution in [2.24, 2.45) is 0 Å². The fourth-order valence-corrected chi connectivity index (χ4v) is 6.45. The van der Waals surface area contributed by atoms with E-state index in [4.69, 9.17) is 15.0 Å². The van der Waals surface area contributed by atoms with Crippen molar-refractivity contribution in [2.75, 3.05) is 0 Å². The van der Waals surface area contributed by atoms with Crippen LogP contribution in [0, 0.1) is 0 Å². The lowest BCUT2D eigenvalue weighted by molar-refractivity contribution is 1.10. The second kappa shape index (κ2) is 11.6. The number of para-hydroxylation sites is 6. The number of fused-ring (bicyclic) bond motifs is 2. The Morgan fingerprint density at radius 3 is 1.10 bits per heavy atom. The van der Waals surface area contributed by atoms with Crippen molar-refractivity contribution in [1.29, 1.82) is 0 Å². The second-order valence-corrected chi connectivity index (χ2v) is 11.8. The topological polar surface area (TPSA) is 48.5 Å². The van der Waals surface area contributed by atoms with Gasteiger partial charge in [0.25, 0.3) is 0 Å². The Kier molecular flexibility index (Phi) is 6.72. The summed E-state index contributed by atoms with van der Waals surface area (Å²) >= 11 is 0. The first-order valence-corrected chi connectivity index (χ1v) is 16.0. The summed E-state index contributed by atoms with van der Waals surface area (Å²) in [5.74, 6) is 1.83. The van der Waals surface area contributed by atoms with Crippen LogP contribution in [0.4, 0.5) is 0 Å². The maximum Gasteiger partial charge on any atom is 0.145 e. The first-order valence-electron chi connectivity index (χ1n) is 16.0. The van der Waals surface area contributed by atoms with E-state index in [1.54, 1.807) is 0 Å². The first-order chi connectivity index (χ1) is 23.8. The number of hydrogen-bond acceptors (Lipinski definition) is 3. The Morgan fingerprint density at radius 1 is 0.292 bits per heavy atom. The van der Waals surface area contributed by atoms with Gasteiger partial charge in [-0.2, -0.15) is 0 Å². The molecule has 0 bridgehead atoms. The van der Waals surface area contributed by atoms with Crippen molar-refractivity contribution in [3.05, 3.63) is 176 Å². The number of imidazole rings is 2. The predicted molar refractivity (Wildman–Crippen MR) is 195 cm³/mol. The van der Waals surface area contributed by atoms with Crippen LogP contribution >= 0.6 is 0 Å². The van der Waals surface area contributed by atoms with Crippen LogP contribution in [0.5, 0.6) is 0 Å². The average Bonchev–Trinajstić information content (AvgIpc) is 3.75. The quantitative estimate of drug-likeness (QED) is 0.187.